The van der Waals surface area contributed by atoms with Crippen molar-refractivity contribution < 1.29 is 24.1 Å². The van der Waals surface area contributed by atoms with E-state index in [9.17, 15) is 4.79 Å². The van der Waals surface area contributed by atoms with Crippen LogP contribution >= 0.6 is 15.9 Å². The number of aromatic carboxylic acids is 1. The van der Waals surface area contributed by atoms with Gasteiger partial charge in [0.05, 0.1) is 17.1 Å². The van der Waals surface area contributed by atoms with E-state index in [0.717, 1.165) is 4.47 Å². The number of hydrogen-bond donors (Lipinski definition) is 1. The summed E-state index contributed by atoms with van der Waals surface area (Å²) in [4.78, 5) is 10.7. The van der Waals surface area contributed by atoms with E-state index in [1.807, 2.05) is 12.1 Å². The van der Waals surface area contributed by atoms with Crippen LogP contribution in [0.5, 0.6) is 17.2 Å². The summed E-state index contributed by atoms with van der Waals surface area (Å²) in [5.74, 6) is 1.02. The Morgan fingerprint density at radius 2 is 1.64 bits per heavy atom. The maximum absolute atomic E-state index is 10.7. The van der Waals surface area contributed by atoms with E-state index in [1.54, 1.807) is 25.3 Å². The lowest BCUT2D eigenvalue weighted by atomic mass is 10.2. The minimum absolute atomic E-state index is 0.227. The number of benzene rings is 2. The van der Waals surface area contributed by atoms with Gasteiger partial charge in [-0.3, -0.25) is 0 Å². The molecule has 0 bridgehead atoms. The van der Waals surface area contributed by atoms with E-state index in [1.165, 1.54) is 12.1 Å². The minimum Gasteiger partial charge on any atom is -0.495 e. The second kappa shape index (κ2) is 7.70. The molecule has 5 nitrogen and oxygen atoms in total. The average molecular weight is 367 g/mol. The normalized spacial score (nSPS) is 10.1. The summed E-state index contributed by atoms with van der Waals surface area (Å²) in [6.07, 6.45) is 0. The van der Waals surface area contributed by atoms with Crippen LogP contribution in [0.15, 0.2) is 46.9 Å². The van der Waals surface area contributed by atoms with Gasteiger partial charge in [0.25, 0.3) is 0 Å². The first-order valence-electron chi connectivity index (χ1n) is 6.52. The van der Waals surface area contributed by atoms with Crippen LogP contribution in [0.2, 0.25) is 0 Å². The molecule has 0 spiro atoms. The maximum Gasteiger partial charge on any atom is 0.335 e. The topological polar surface area (TPSA) is 65.0 Å². The van der Waals surface area contributed by atoms with Crippen LogP contribution in [-0.2, 0) is 0 Å². The van der Waals surface area contributed by atoms with Crippen molar-refractivity contribution in [3.8, 4) is 17.2 Å². The molecule has 1 N–H and O–H groups in total. The highest BCUT2D eigenvalue weighted by atomic mass is 79.9. The van der Waals surface area contributed by atoms with Gasteiger partial charge in [-0.2, -0.15) is 0 Å². The predicted molar refractivity (Wildman–Crippen MR) is 85.1 cm³/mol. The average Bonchev–Trinajstić information content (AvgIpc) is 2.53. The Kier molecular flexibility index (Phi) is 5.66. The molecule has 2 aromatic rings. The number of carboxylic acid groups (broad SMARTS) is 1. The number of methoxy groups -OCH3 is 1. The lowest BCUT2D eigenvalue weighted by molar-refractivity contribution is 0.0697. The Balaban J connectivity index is 1.80. The van der Waals surface area contributed by atoms with Crippen molar-refractivity contribution in [3.05, 3.63) is 52.5 Å². The van der Waals surface area contributed by atoms with Gasteiger partial charge in [-0.25, -0.2) is 4.79 Å². The summed E-state index contributed by atoms with van der Waals surface area (Å²) in [6, 6.07) is 11.7. The molecule has 6 heteroatoms. The van der Waals surface area contributed by atoms with Gasteiger partial charge in [0.2, 0.25) is 0 Å². The Morgan fingerprint density at radius 3 is 2.23 bits per heavy atom. The number of carbonyl (C=O) groups is 1. The molecular formula is C16H15BrO5. The molecule has 0 fully saturated rings. The lowest BCUT2D eigenvalue weighted by Crippen LogP contribution is -2.09. The predicted octanol–water partition coefficient (Wildman–Crippen LogP) is 3.61. The van der Waals surface area contributed by atoms with Crippen molar-refractivity contribution in [2.24, 2.45) is 0 Å². The number of hydrogen-bond acceptors (Lipinski definition) is 4. The van der Waals surface area contributed by atoms with Gasteiger partial charge in [-0.1, -0.05) is 0 Å². The van der Waals surface area contributed by atoms with Gasteiger partial charge in [0, 0.05) is 6.07 Å². The molecule has 0 heterocycles. The molecule has 22 heavy (non-hydrogen) atoms. The second-order valence-corrected chi connectivity index (χ2v) is 5.18. The zero-order chi connectivity index (χ0) is 15.9. The molecule has 0 atom stereocenters. The van der Waals surface area contributed by atoms with Gasteiger partial charge in [0.1, 0.15) is 30.5 Å². The Labute approximate surface area is 136 Å². The molecule has 0 aromatic heterocycles. The van der Waals surface area contributed by atoms with Gasteiger partial charge in [0.15, 0.2) is 0 Å². The number of halogens is 1. The van der Waals surface area contributed by atoms with Crippen LogP contribution in [0.4, 0.5) is 0 Å². The van der Waals surface area contributed by atoms with E-state index < -0.39 is 5.97 Å². The quantitative estimate of drug-likeness (QED) is 0.758. The molecule has 116 valence electrons. The zero-order valence-electron chi connectivity index (χ0n) is 11.9. The van der Waals surface area contributed by atoms with Crippen molar-refractivity contribution in [3.63, 3.8) is 0 Å². The highest BCUT2D eigenvalue weighted by Crippen LogP contribution is 2.28. The van der Waals surface area contributed by atoms with Crippen LogP contribution in [0.25, 0.3) is 0 Å². The summed E-state index contributed by atoms with van der Waals surface area (Å²) in [5.41, 5.74) is 0.227. The molecule has 0 unspecified atom stereocenters. The first kappa shape index (κ1) is 16.2. The van der Waals surface area contributed by atoms with Gasteiger partial charge in [-0.15, -0.1) is 0 Å². The van der Waals surface area contributed by atoms with E-state index in [-0.39, 0.29) is 5.56 Å². The SMILES string of the molecule is COc1cc(OCCOc2ccc(C(=O)O)cc2)ccc1Br. The Morgan fingerprint density at radius 1 is 1.05 bits per heavy atom. The van der Waals surface area contributed by atoms with Crippen LogP contribution in [0.1, 0.15) is 10.4 Å². The second-order valence-electron chi connectivity index (χ2n) is 4.32. The van der Waals surface area contributed by atoms with Gasteiger partial charge < -0.3 is 19.3 Å². The van der Waals surface area contributed by atoms with Crippen LogP contribution in [-0.4, -0.2) is 31.4 Å². The summed E-state index contributed by atoms with van der Waals surface area (Å²) >= 11 is 3.37. The Bertz CT molecular complexity index is 639. The summed E-state index contributed by atoms with van der Waals surface area (Å²) in [7, 11) is 1.59. The van der Waals surface area contributed by atoms with Crippen molar-refractivity contribution in [2.75, 3.05) is 20.3 Å². The Hall–Kier alpha value is -2.21. The van der Waals surface area contributed by atoms with E-state index in [2.05, 4.69) is 15.9 Å². The van der Waals surface area contributed by atoms with Gasteiger partial charge in [-0.05, 0) is 52.3 Å². The third-order valence-corrected chi connectivity index (χ3v) is 3.50. The van der Waals surface area contributed by atoms with Crippen molar-refractivity contribution in [1.82, 2.24) is 0 Å². The molecule has 0 saturated heterocycles. The maximum atomic E-state index is 10.7. The number of carboxylic acids is 1. The lowest BCUT2D eigenvalue weighted by Gasteiger charge is -2.10. The van der Waals surface area contributed by atoms with Crippen molar-refractivity contribution in [2.45, 2.75) is 0 Å². The van der Waals surface area contributed by atoms with E-state index in [4.69, 9.17) is 19.3 Å². The van der Waals surface area contributed by atoms with Crippen LogP contribution < -0.4 is 14.2 Å². The third kappa shape index (κ3) is 4.39. The molecule has 0 aliphatic carbocycles. The molecule has 0 aliphatic rings. The molecule has 2 aromatic carbocycles. The fourth-order valence-electron chi connectivity index (χ4n) is 1.74. The molecule has 0 saturated carbocycles. The summed E-state index contributed by atoms with van der Waals surface area (Å²) < 4.78 is 17.1. The number of ether oxygens (including phenoxy) is 3. The van der Waals surface area contributed by atoms with Crippen molar-refractivity contribution >= 4 is 21.9 Å². The number of rotatable bonds is 7. The molecular weight excluding hydrogens is 352 g/mol. The fraction of sp³-hybridized carbons (Fsp3) is 0.188. The first-order valence-corrected chi connectivity index (χ1v) is 7.32. The van der Waals surface area contributed by atoms with Gasteiger partial charge >= 0.3 is 5.97 Å². The highest BCUT2D eigenvalue weighted by molar-refractivity contribution is 9.10. The molecule has 2 rings (SSSR count). The fourth-order valence-corrected chi connectivity index (χ4v) is 2.15. The van der Waals surface area contributed by atoms with Crippen molar-refractivity contribution in [1.29, 1.82) is 0 Å². The third-order valence-electron chi connectivity index (χ3n) is 2.84. The highest BCUT2D eigenvalue weighted by Gasteiger charge is 2.04. The molecule has 0 amide bonds. The summed E-state index contributed by atoms with van der Waals surface area (Å²) in [6.45, 7) is 0.719. The molecule has 0 aliphatic heterocycles. The van der Waals surface area contributed by atoms with E-state index in [0.29, 0.717) is 30.5 Å². The first-order chi connectivity index (χ1) is 10.6. The zero-order valence-corrected chi connectivity index (χ0v) is 13.5. The van der Waals surface area contributed by atoms with Crippen LogP contribution in [0, 0.1) is 0 Å². The smallest absolute Gasteiger partial charge is 0.335 e. The monoisotopic (exact) mass is 366 g/mol. The minimum atomic E-state index is -0.959. The standard InChI is InChI=1S/C16H15BrO5/c1-20-15-10-13(6-7-14(15)17)22-9-8-21-12-4-2-11(3-5-12)16(18)19/h2-7,10H,8-9H2,1H3,(H,18,19). The van der Waals surface area contributed by atoms with Crippen LogP contribution in [0.3, 0.4) is 0 Å². The largest absolute Gasteiger partial charge is 0.495 e. The summed E-state index contributed by atoms with van der Waals surface area (Å²) in [5, 5.41) is 8.80. The molecule has 0 radical (unpaired) electrons. The van der Waals surface area contributed by atoms with E-state index >= 15 is 0 Å².